The zero-order valence-corrected chi connectivity index (χ0v) is 22.9. The Hall–Kier alpha value is -4.11. The van der Waals surface area contributed by atoms with Crippen LogP contribution in [0.4, 0.5) is 4.39 Å². The summed E-state index contributed by atoms with van der Waals surface area (Å²) in [5, 5.41) is 13.7. The first-order valence-corrected chi connectivity index (χ1v) is 13.0. The molecule has 3 aromatic heterocycles. The van der Waals surface area contributed by atoms with Gasteiger partial charge in [0.05, 0.1) is 23.9 Å². The molecule has 0 saturated heterocycles. The van der Waals surface area contributed by atoms with E-state index in [0.29, 0.717) is 30.9 Å². The van der Waals surface area contributed by atoms with Crippen molar-refractivity contribution in [2.75, 3.05) is 6.54 Å². The van der Waals surface area contributed by atoms with Gasteiger partial charge in [-0.05, 0) is 104 Å². The van der Waals surface area contributed by atoms with Gasteiger partial charge in [-0.25, -0.2) is 9.07 Å². The first kappa shape index (κ1) is 26.5. The highest BCUT2D eigenvalue weighted by Crippen LogP contribution is 2.31. The lowest BCUT2D eigenvalue weighted by atomic mass is 9.99. The lowest BCUT2D eigenvalue weighted by Crippen LogP contribution is -2.38. The molecule has 0 radical (unpaired) electrons. The van der Waals surface area contributed by atoms with Crippen molar-refractivity contribution in [2.45, 2.75) is 59.2 Å². The van der Waals surface area contributed by atoms with Gasteiger partial charge in [0, 0.05) is 12.1 Å². The summed E-state index contributed by atoms with van der Waals surface area (Å²) in [6.45, 7) is 11.1. The molecule has 1 N–H and O–H groups in total. The fourth-order valence-electron chi connectivity index (χ4n) is 5.07. The van der Waals surface area contributed by atoms with E-state index in [1.54, 1.807) is 23.1 Å². The maximum atomic E-state index is 13.8. The van der Waals surface area contributed by atoms with Crippen LogP contribution < -0.4 is 5.56 Å². The number of fused-ring (bicyclic) bond motifs is 1. The van der Waals surface area contributed by atoms with Crippen LogP contribution in [0.3, 0.4) is 0 Å². The van der Waals surface area contributed by atoms with Gasteiger partial charge >= 0.3 is 0 Å². The summed E-state index contributed by atoms with van der Waals surface area (Å²) in [4.78, 5) is 19.0. The Labute approximate surface area is 226 Å². The van der Waals surface area contributed by atoms with E-state index < -0.39 is 11.6 Å². The Morgan fingerprint density at radius 1 is 1.10 bits per heavy atom. The Balaban J connectivity index is 1.68. The number of furan rings is 1. The number of benzene rings is 2. The Morgan fingerprint density at radius 3 is 2.56 bits per heavy atom. The van der Waals surface area contributed by atoms with Crippen LogP contribution in [0.1, 0.15) is 60.7 Å². The predicted octanol–water partition coefficient (Wildman–Crippen LogP) is 5.45. The monoisotopic (exact) mass is 528 g/mol. The molecule has 1 atom stereocenters. The molecule has 9 heteroatoms. The fraction of sp³-hybridized carbons (Fsp3) is 0.333. The van der Waals surface area contributed by atoms with Gasteiger partial charge < -0.3 is 9.40 Å². The van der Waals surface area contributed by atoms with E-state index in [1.165, 1.54) is 12.1 Å². The first-order chi connectivity index (χ1) is 18.6. The second kappa shape index (κ2) is 10.6. The van der Waals surface area contributed by atoms with Crippen molar-refractivity contribution in [3.05, 3.63) is 111 Å². The molecular formula is C30H33FN6O2. The molecule has 3 heterocycles. The van der Waals surface area contributed by atoms with Crippen molar-refractivity contribution >= 4 is 10.9 Å². The molecule has 0 spiro atoms. The van der Waals surface area contributed by atoms with Gasteiger partial charge in [-0.1, -0.05) is 23.8 Å². The molecule has 1 unspecified atom stereocenters. The number of H-pyrrole nitrogens is 1. The van der Waals surface area contributed by atoms with Gasteiger partial charge in [0.1, 0.15) is 17.6 Å². The van der Waals surface area contributed by atoms with Gasteiger partial charge in [0.15, 0.2) is 5.82 Å². The van der Waals surface area contributed by atoms with Gasteiger partial charge in [-0.15, -0.1) is 5.10 Å². The fourth-order valence-corrected chi connectivity index (χ4v) is 5.07. The van der Waals surface area contributed by atoms with Gasteiger partial charge in [-0.3, -0.25) is 9.69 Å². The zero-order valence-electron chi connectivity index (χ0n) is 22.9. The molecular weight excluding hydrogens is 495 g/mol. The third kappa shape index (κ3) is 5.68. The van der Waals surface area contributed by atoms with Crippen molar-refractivity contribution < 1.29 is 8.81 Å². The number of halogens is 1. The second-order valence-corrected chi connectivity index (χ2v) is 11.0. The van der Waals surface area contributed by atoms with Crippen LogP contribution in [-0.4, -0.2) is 36.6 Å². The summed E-state index contributed by atoms with van der Waals surface area (Å²) >= 11 is 0. The molecule has 5 rings (SSSR count). The van der Waals surface area contributed by atoms with Crippen molar-refractivity contribution in [3.8, 4) is 0 Å². The zero-order chi connectivity index (χ0) is 27.7. The van der Waals surface area contributed by atoms with E-state index in [1.807, 2.05) is 52.8 Å². The number of nitrogens with zero attached hydrogens (tertiary/aromatic N) is 5. The number of rotatable bonds is 8. The number of hydrogen-bond acceptors (Lipinski definition) is 6. The Bertz CT molecular complexity index is 1630. The SMILES string of the molecule is Cc1cc(C)c2[nH]c(=O)c(C(c3nnnn3C(C)(C)C)N(CCc3ccc(F)cc3)Cc3ccco3)cc2c1. The summed E-state index contributed by atoms with van der Waals surface area (Å²) in [5.41, 5.74) is 3.82. The van der Waals surface area contributed by atoms with Crippen LogP contribution in [0.25, 0.3) is 10.9 Å². The summed E-state index contributed by atoms with van der Waals surface area (Å²) in [6.07, 6.45) is 2.26. The number of pyridine rings is 1. The molecule has 0 aliphatic heterocycles. The molecule has 0 aliphatic rings. The number of aryl methyl sites for hydroxylation is 2. The lowest BCUT2D eigenvalue weighted by Gasteiger charge is -2.32. The highest BCUT2D eigenvalue weighted by molar-refractivity contribution is 5.83. The summed E-state index contributed by atoms with van der Waals surface area (Å²) in [7, 11) is 0. The minimum absolute atomic E-state index is 0.200. The quantitative estimate of drug-likeness (QED) is 0.288. The highest BCUT2D eigenvalue weighted by atomic mass is 19.1. The molecule has 202 valence electrons. The van der Waals surface area contributed by atoms with Crippen molar-refractivity contribution in [1.82, 2.24) is 30.1 Å². The molecule has 5 aromatic rings. The van der Waals surface area contributed by atoms with Gasteiger partial charge in [0.2, 0.25) is 0 Å². The van der Waals surface area contributed by atoms with Crippen molar-refractivity contribution in [3.63, 3.8) is 0 Å². The number of tetrazole rings is 1. The average molecular weight is 529 g/mol. The second-order valence-electron chi connectivity index (χ2n) is 11.0. The largest absolute Gasteiger partial charge is 0.468 e. The Kier molecular flexibility index (Phi) is 7.18. The van der Waals surface area contributed by atoms with Gasteiger partial charge in [-0.2, -0.15) is 0 Å². The lowest BCUT2D eigenvalue weighted by molar-refractivity contribution is 0.181. The molecule has 2 aromatic carbocycles. The maximum absolute atomic E-state index is 13.8. The van der Waals surface area contributed by atoms with Crippen LogP contribution in [0.2, 0.25) is 0 Å². The standard InChI is InChI=1S/C30H33FN6O2/c1-19-15-20(2)26-22(16-19)17-25(29(38)32-26)27(28-33-34-35-37(28)30(3,4)5)36(18-24-7-6-14-39-24)13-12-21-8-10-23(31)11-9-21/h6-11,14-17,27H,12-13,18H2,1-5H3,(H,32,38). The molecule has 39 heavy (non-hydrogen) atoms. The number of aromatic nitrogens is 5. The minimum Gasteiger partial charge on any atom is -0.468 e. The van der Waals surface area contributed by atoms with E-state index in [9.17, 15) is 9.18 Å². The highest BCUT2D eigenvalue weighted by Gasteiger charge is 2.34. The van der Waals surface area contributed by atoms with Crippen LogP contribution in [0, 0.1) is 19.7 Å². The summed E-state index contributed by atoms with van der Waals surface area (Å²) < 4.78 is 21.1. The third-order valence-electron chi connectivity index (χ3n) is 6.90. The predicted molar refractivity (Wildman–Crippen MR) is 148 cm³/mol. The molecule has 0 amide bonds. The topological polar surface area (TPSA) is 92.8 Å². The maximum Gasteiger partial charge on any atom is 0.253 e. The van der Waals surface area contributed by atoms with Crippen molar-refractivity contribution in [2.24, 2.45) is 0 Å². The smallest absolute Gasteiger partial charge is 0.253 e. The number of nitrogens with one attached hydrogen (secondary N) is 1. The van der Waals surface area contributed by atoms with E-state index in [0.717, 1.165) is 33.4 Å². The Morgan fingerprint density at radius 2 is 1.87 bits per heavy atom. The number of hydrogen-bond donors (Lipinski definition) is 1. The van der Waals surface area contributed by atoms with Crippen LogP contribution in [0.5, 0.6) is 0 Å². The normalized spacial score (nSPS) is 12.9. The molecule has 0 aliphatic carbocycles. The third-order valence-corrected chi connectivity index (χ3v) is 6.90. The molecule has 0 fully saturated rings. The van der Waals surface area contributed by atoms with Crippen LogP contribution >= 0.6 is 0 Å². The number of aromatic amines is 1. The van der Waals surface area contributed by atoms with Crippen molar-refractivity contribution in [1.29, 1.82) is 0 Å². The van der Waals surface area contributed by atoms with Crippen LogP contribution in [0.15, 0.2) is 70.1 Å². The summed E-state index contributed by atoms with van der Waals surface area (Å²) in [6, 6.07) is 15.7. The van der Waals surface area contributed by atoms with E-state index in [4.69, 9.17) is 4.42 Å². The molecule has 8 nitrogen and oxygen atoms in total. The van der Waals surface area contributed by atoms with E-state index in [-0.39, 0.29) is 11.4 Å². The summed E-state index contributed by atoms with van der Waals surface area (Å²) in [5.74, 6) is 1.03. The van der Waals surface area contributed by atoms with Crippen LogP contribution in [-0.2, 0) is 18.5 Å². The van der Waals surface area contributed by atoms with E-state index in [2.05, 4.69) is 37.5 Å². The average Bonchev–Trinajstić information content (AvgIpc) is 3.57. The van der Waals surface area contributed by atoms with E-state index >= 15 is 0 Å². The first-order valence-electron chi connectivity index (χ1n) is 13.0. The minimum atomic E-state index is -0.584. The molecule has 0 bridgehead atoms. The molecule has 0 saturated carbocycles. The van der Waals surface area contributed by atoms with Gasteiger partial charge in [0.25, 0.3) is 5.56 Å².